The lowest BCUT2D eigenvalue weighted by Crippen LogP contribution is -2.40. The van der Waals surface area contributed by atoms with E-state index in [9.17, 15) is 9.90 Å². The van der Waals surface area contributed by atoms with Crippen LogP contribution in [0.4, 0.5) is 0 Å². The third-order valence-corrected chi connectivity index (χ3v) is 4.04. The zero-order valence-corrected chi connectivity index (χ0v) is 11.3. The molecule has 0 aliphatic heterocycles. The lowest BCUT2D eigenvalue weighted by atomic mass is 10.0. The van der Waals surface area contributed by atoms with Gasteiger partial charge in [0.1, 0.15) is 0 Å². The van der Waals surface area contributed by atoms with Crippen LogP contribution in [0.1, 0.15) is 35.6 Å². The molecule has 2 N–H and O–H groups in total. The highest BCUT2D eigenvalue weighted by Crippen LogP contribution is 2.28. The van der Waals surface area contributed by atoms with Gasteiger partial charge in [-0.3, -0.25) is 4.79 Å². The molecule has 0 saturated heterocycles. The molecule has 0 unspecified atom stereocenters. The lowest BCUT2D eigenvalue weighted by molar-refractivity contribution is -0.117. The van der Waals surface area contributed by atoms with Crippen LogP contribution in [0.3, 0.4) is 0 Å². The summed E-state index contributed by atoms with van der Waals surface area (Å²) in [5, 5.41) is 13.8. The first-order valence-corrected chi connectivity index (χ1v) is 7.00. The van der Waals surface area contributed by atoms with Crippen LogP contribution < -0.4 is 5.32 Å². The summed E-state index contributed by atoms with van der Waals surface area (Å²) in [7, 11) is 0. The summed E-state index contributed by atoms with van der Waals surface area (Å²) in [6, 6.07) is 0. The number of aromatic nitrogens is 1. The first-order valence-electron chi connectivity index (χ1n) is 6.18. The third kappa shape index (κ3) is 3.65. The lowest BCUT2D eigenvalue weighted by Gasteiger charge is -2.21. The fraction of sp³-hybridized carbons (Fsp3) is 0.538. The Balaban J connectivity index is 1.80. The zero-order chi connectivity index (χ0) is 13.0. The summed E-state index contributed by atoms with van der Waals surface area (Å²) in [6.07, 6.45) is 8.64. The van der Waals surface area contributed by atoms with Crippen LogP contribution in [-0.2, 0) is 4.79 Å². The van der Waals surface area contributed by atoms with Gasteiger partial charge in [0.05, 0.1) is 10.6 Å². The molecule has 1 aromatic rings. The Morgan fingerprint density at radius 1 is 1.61 bits per heavy atom. The summed E-state index contributed by atoms with van der Waals surface area (Å²) >= 11 is 1.55. The molecule has 18 heavy (non-hydrogen) atoms. The maximum absolute atomic E-state index is 11.6. The molecule has 0 aromatic carbocycles. The van der Waals surface area contributed by atoms with Crippen molar-refractivity contribution in [1.82, 2.24) is 10.3 Å². The van der Waals surface area contributed by atoms with Gasteiger partial charge in [-0.2, -0.15) is 0 Å². The SMILES string of the molecule is Cc1ncc(C=CC(=O)NCC2(O)CCCC2)s1. The standard InChI is InChI=1S/C13H18N2O2S/c1-10-14-8-11(18-10)4-5-12(16)15-9-13(17)6-2-3-7-13/h4-5,8,17H,2-3,6-7,9H2,1H3,(H,15,16). The number of aryl methyl sites for hydroxylation is 1. The average molecular weight is 266 g/mol. The molecule has 0 atom stereocenters. The molecule has 1 saturated carbocycles. The molecule has 98 valence electrons. The van der Waals surface area contributed by atoms with Crippen molar-refractivity contribution >= 4 is 23.3 Å². The Morgan fingerprint density at radius 3 is 2.94 bits per heavy atom. The minimum atomic E-state index is -0.690. The summed E-state index contributed by atoms with van der Waals surface area (Å²) in [5.74, 6) is -0.165. The molecule has 1 heterocycles. The quantitative estimate of drug-likeness (QED) is 0.818. The number of thiazole rings is 1. The molecule has 2 rings (SSSR count). The second kappa shape index (κ2) is 5.63. The number of nitrogens with zero attached hydrogens (tertiary/aromatic N) is 1. The van der Waals surface area contributed by atoms with Gasteiger partial charge in [-0.1, -0.05) is 12.8 Å². The molecule has 4 nitrogen and oxygen atoms in total. The number of rotatable bonds is 4. The normalized spacial score (nSPS) is 18.3. The molecule has 0 radical (unpaired) electrons. The Hall–Kier alpha value is -1.20. The number of amides is 1. The fourth-order valence-corrected chi connectivity index (χ4v) is 2.82. The number of carbonyl (C=O) groups excluding carboxylic acids is 1. The van der Waals surface area contributed by atoms with Crippen molar-refractivity contribution in [2.45, 2.75) is 38.2 Å². The van der Waals surface area contributed by atoms with E-state index in [0.29, 0.717) is 6.54 Å². The molecule has 0 bridgehead atoms. The minimum absolute atomic E-state index is 0.165. The van der Waals surface area contributed by atoms with Crippen molar-refractivity contribution in [3.8, 4) is 0 Å². The predicted octanol–water partition coefficient (Wildman–Crippen LogP) is 1.89. The monoisotopic (exact) mass is 266 g/mol. The fourth-order valence-electron chi connectivity index (χ4n) is 2.13. The second-order valence-electron chi connectivity index (χ2n) is 4.76. The van der Waals surface area contributed by atoms with Crippen molar-refractivity contribution in [3.05, 3.63) is 22.2 Å². The maximum Gasteiger partial charge on any atom is 0.244 e. The number of hydrogen-bond acceptors (Lipinski definition) is 4. The molecule has 1 fully saturated rings. The molecular formula is C13H18N2O2S. The van der Waals surface area contributed by atoms with Gasteiger partial charge < -0.3 is 10.4 Å². The van der Waals surface area contributed by atoms with E-state index in [4.69, 9.17) is 0 Å². The number of nitrogens with one attached hydrogen (secondary N) is 1. The smallest absolute Gasteiger partial charge is 0.244 e. The molecule has 1 aromatic heterocycles. The van der Waals surface area contributed by atoms with Gasteiger partial charge in [-0.25, -0.2) is 4.98 Å². The summed E-state index contributed by atoms with van der Waals surface area (Å²) in [6.45, 7) is 2.27. The van der Waals surface area contributed by atoms with Gasteiger partial charge in [0.2, 0.25) is 5.91 Å². The second-order valence-corrected chi connectivity index (χ2v) is 6.03. The predicted molar refractivity (Wildman–Crippen MR) is 72.3 cm³/mol. The van der Waals surface area contributed by atoms with E-state index in [2.05, 4.69) is 10.3 Å². The van der Waals surface area contributed by atoms with Crippen molar-refractivity contribution in [1.29, 1.82) is 0 Å². The molecule has 1 aliphatic rings. The maximum atomic E-state index is 11.6. The Morgan fingerprint density at radius 2 is 2.33 bits per heavy atom. The van der Waals surface area contributed by atoms with E-state index in [1.165, 1.54) is 6.08 Å². The van der Waals surface area contributed by atoms with Gasteiger partial charge in [-0.05, 0) is 25.8 Å². The van der Waals surface area contributed by atoms with E-state index in [1.54, 1.807) is 23.6 Å². The Labute approximate surface area is 111 Å². The first-order chi connectivity index (χ1) is 8.57. The largest absolute Gasteiger partial charge is 0.388 e. The van der Waals surface area contributed by atoms with Gasteiger partial charge in [0, 0.05) is 23.7 Å². The van der Waals surface area contributed by atoms with Crippen LogP contribution >= 0.6 is 11.3 Å². The Bertz CT molecular complexity index is 448. The zero-order valence-electron chi connectivity index (χ0n) is 10.5. The molecule has 0 spiro atoms. The number of aliphatic hydroxyl groups is 1. The summed E-state index contributed by atoms with van der Waals surface area (Å²) in [4.78, 5) is 16.7. The highest BCUT2D eigenvalue weighted by Gasteiger charge is 2.30. The van der Waals surface area contributed by atoms with E-state index in [1.807, 2.05) is 6.92 Å². The summed E-state index contributed by atoms with van der Waals surface area (Å²) in [5.41, 5.74) is -0.690. The third-order valence-electron chi connectivity index (χ3n) is 3.16. The number of hydrogen-bond donors (Lipinski definition) is 2. The van der Waals surface area contributed by atoms with E-state index < -0.39 is 5.60 Å². The van der Waals surface area contributed by atoms with Crippen molar-refractivity contribution in [2.75, 3.05) is 6.54 Å². The van der Waals surface area contributed by atoms with E-state index >= 15 is 0 Å². The topological polar surface area (TPSA) is 62.2 Å². The molecular weight excluding hydrogens is 248 g/mol. The average Bonchev–Trinajstić information content (AvgIpc) is 2.94. The van der Waals surface area contributed by atoms with Gasteiger partial charge >= 0.3 is 0 Å². The highest BCUT2D eigenvalue weighted by molar-refractivity contribution is 7.12. The van der Waals surface area contributed by atoms with Gasteiger partial charge in [0.15, 0.2) is 0 Å². The van der Waals surface area contributed by atoms with E-state index in [0.717, 1.165) is 35.6 Å². The van der Waals surface area contributed by atoms with E-state index in [-0.39, 0.29) is 5.91 Å². The van der Waals surface area contributed by atoms with Crippen molar-refractivity contribution in [3.63, 3.8) is 0 Å². The van der Waals surface area contributed by atoms with Crippen LogP contribution in [0.2, 0.25) is 0 Å². The minimum Gasteiger partial charge on any atom is -0.388 e. The van der Waals surface area contributed by atoms with Crippen molar-refractivity contribution < 1.29 is 9.90 Å². The Kier molecular flexibility index (Phi) is 4.14. The first kappa shape index (κ1) is 13.2. The van der Waals surface area contributed by atoms with Crippen LogP contribution in [0.5, 0.6) is 0 Å². The van der Waals surface area contributed by atoms with Crippen LogP contribution in [0.15, 0.2) is 12.3 Å². The summed E-state index contributed by atoms with van der Waals surface area (Å²) < 4.78 is 0. The van der Waals surface area contributed by atoms with Crippen LogP contribution in [0.25, 0.3) is 6.08 Å². The highest BCUT2D eigenvalue weighted by atomic mass is 32.1. The van der Waals surface area contributed by atoms with Crippen LogP contribution in [0, 0.1) is 6.92 Å². The molecule has 5 heteroatoms. The number of carbonyl (C=O) groups is 1. The molecule has 1 aliphatic carbocycles. The van der Waals surface area contributed by atoms with Gasteiger partial charge in [-0.15, -0.1) is 11.3 Å². The van der Waals surface area contributed by atoms with Gasteiger partial charge in [0.25, 0.3) is 0 Å². The van der Waals surface area contributed by atoms with Crippen molar-refractivity contribution in [2.24, 2.45) is 0 Å². The van der Waals surface area contributed by atoms with Crippen LogP contribution in [-0.4, -0.2) is 28.1 Å². The molecule has 1 amide bonds.